The lowest BCUT2D eigenvalue weighted by molar-refractivity contribution is 0.340. The van der Waals surface area contributed by atoms with Crippen LogP contribution in [0.2, 0.25) is 0 Å². The van der Waals surface area contributed by atoms with Crippen LogP contribution in [0.3, 0.4) is 0 Å². The largest absolute Gasteiger partial charge is 0.504 e. The van der Waals surface area contributed by atoms with E-state index in [2.05, 4.69) is 5.32 Å². The van der Waals surface area contributed by atoms with Crippen LogP contribution in [0.1, 0.15) is 18.1 Å². The third-order valence-electron chi connectivity index (χ3n) is 3.28. The average Bonchev–Trinajstić information content (AvgIpc) is 2.48. The van der Waals surface area contributed by atoms with Crippen molar-refractivity contribution in [2.75, 3.05) is 19.0 Å². The molecule has 112 valence electrons. The fraction of sp³-hybridized carbons (Fsp3) is 0.294. The van der Waals surface area contributed by atoms with Gasteiger partial charge in [0.15, 0.2) is 11.5 Å². The molecule has 0 amide bonds. The summed E-state index contributed by atoms with van der Waals surface area (Å²) in [6.45, 7) is 5.17. The number of benzene rings is 2. The molecule has 4 heteroatoms. The number of aromatic hydroxyl groups is 1. The van der Waals surface area contributed by atoms with Crippen molar-refractivity contribution < 1.29 is 14.6 Å². The minimum absolute atomic E-state index is 0.177. The van der Waals surface area contributed by atoms with E-state index >= 15 is 0 Å². The second-order valence-electron chi connectivity index (χ2n) is 4.73. The second-order valence-corrected chi connectivity index (χ2v) is 4.73. The van der Waals surface area contributed by atoms with Gasteiger partial charge in [-0.3, -0.25) is 0 Å². The first-order valence-electron chi connectivity index (χ1n) is 6.98. The fourth-order valence-corrected chi connectivity index (χ4v) is 2.16. The van der Waals surface area contributed by atoms with Crippen molar-refractivity contribution in [2.45, 2.75) is 20.4 Å². The van der Waals surface area contributed by atoms with E-state index in [1.165, 1.54) is 0 Å². The van der Waals surface area contributed by atoms with E-state index in [9.17, 15) is 5.11 Å². The van der Waals surface area contributed by atoms with E-state index < -0.39 is 0 Å². The molecule has 4 nitrogen and oxygen atoms in total. The molecule has 0 unspecified atom stereocenters. The molecule has 0 aromatic heterocycles. The van der Waals surface area contributed by atoms with Gasteiger partial charge in [-0.15, -0.1) is 0 Å². The Morgan fingerprint density at radius 2 is 2.00 bits per heavy atom. The quantitative estimate of drug-likeness (QED) is 0.850. The van der Waals surface area contributed by atoms with Crippen LogP contribution in [-0.2, 0) is 6.54 Å². The van der Waals surface area contributed by atoms with Gasteiger partial charge in [0.25, 0.3) is 0 Å². The highest BCUT2D eigenvalue weighted by Gasteiger charge is 2.07. The first-order chi connectivity index (χ1) is 10.2. The summed E-state index contributed by atoms with van der Waals surface area (Å²) < 4.78 is 10.6. The van der Waals surface area contributed by atoms with Gasteiger partial charge in [0, 0.05) is 17.8 Å². The van der Waals surface area contributed by atoms with Crippen LogP contribution < -0.4 is 14.8 Å². The zero-order valence-electron chi connectivity index (χ0n) is 12.6. The molecule has 2 aromatic carbocycles. The normalized spacial score (nSPS) is 10.2. The van der Waals surface area contributed by atoms with Crippen LogP contribution in [0.15, 0.2) is 36.4 Å². The first kappa shape index (κ1) is 15.0. The lowest BCUT2D eigenvalue weighted by Crippen LogP contribution is -2.02. The van der Waals surface area contributed by atoms with Gasteiger partial charge in [0.2, 0.25) is 0 Å². The molecule has 0 heterocycles. The molecule has 0 atom stereocenters. The third-order valence-corrected chi connectivity index (χ3v) is 3.28. The van der Waals surface area contributed by atoms with Crippen LogP contribution in [0, 0.1) is 6.92 Å². The Bertz CT molecular complexity index is 611. The van der Waals surface area contributed by atoms with Crippen LogP contribution in [0.5, 0.6) is 17.2 Å². The molecule has 0 fully saturated rings. The number of rotatable bonds is 6. The van der Waals surface area contributed by atoms with Crippen molar-refractivity contribution in [3.63, 3.8) is 0 Å². The highest BCUT2D eigenvalue weighted by molar-refractivity contribution is 5.55. The number of aryl methyl sites for hydroxylation is 1. The minimum Gasteiger partial charge on any atom is -0.504 e. The van der Waals surface area contributed by atoms with Gasteiger partial charge in [-0.1, -0.05) is 12.1 Å². The third kappa shape index (κ3) is 3.60. The van der Waals surface area contributed by atoms with Crippen molar-refractivity contribution in [2.24, 2.45) is 0 Å². The van der Waals surface area contributed by atoms with Gasteiger partial charge in [0.1, 0.15) is 5.75 Å². The number of phenolic OH excluding ortho intramolecular Hbond substituents is 1. The van der Waals surface area contributed by atoms with E-state index in [0.29, 0.717) is 18.9 Å². The summed E-state index contributed by atoms with van der Waals surface area (Å²) in [6, 6.07) is 11.4. The monoisotopic (exact) mass is 287 g/mol. The maximum atomic E-state index is 10.1. The molecule has 0 bridgehead atoms. The molecular formula is C17H21NO3. The van der Waals surface area contributed by atoms with Gasteiger partial charge >= 0.3 is 0 Å². The van der Waals surface area contributed by atoms with Gasteiger partial charge in [0.05, 0.1) is 13.7 Å². The number of anilines is 1. The Morgan fingerprint density at radius 1 is 1.19 bits per heavy atom. The molecule has 0 aliphatic carbocycles. The SMILES string of the molecule is CCOc1ccc(NCc2cccc(OC)c2O)c(C)c1. The zero-order chi connectivity index (χ0) is 15.2. The maximum Gasteiger partial charge on any atom is 0.162 e. The number of methoxy groups -OCH3 is 1. The summed E-state index contributed by atoms with van der Waals surface area (Å²) in [5.41, 5.74) is 2.91. The molecule has 0 radical (unpaired) electrons. The van der Waals surface area contributed by atoms with Crippen molar-refractivity contribution in [3.05, 3.63) is 47.5 Å². The van der Waals surface area contributed by atoms with Gasteiger partial charge in [-0.2, -0.15) is 0 Å². The summed E-state index contributed by atoms with van der Waals surface area (Å²) >= 11 is 0. The van der Waals surface area contributed by atoms with E-state index in [4.69, 9.17) is 9.47 Å². The number of nitrogens with one attached hydrogen (secondary N) is 1. The molecule has 2 N–H and O–H groups in total. The maximum absolute atomic E-state index is 10.1. The zero-order valence-corrected chi connectivity index (χ0v) is 12.6. The lowest BCUT2D eigenvalue weighted by atomic mass is 10.1. The molecule has 2 aromatic rings. The summed E-state index contributed by atoms with van der Waals surface area (Å²) in [5.74, 6) is 1.53. The van der Waals surface area contributed by atoms with Crippen molar-refractivity contribution in [3.8, 4) is 17.2 Å². The summed E-state index contributed by atoms with van der Waals surface area (Å²) in [5, 5.41) is 13.4. The number of para-hydroxylation sites is 1. The molecule has 0 saturated heterocycles. The number of hydrogen-bond donors (Lipinski definition) is 2. The van der Waals surface area contributed by atoms with E-state index in [1.807, 2.05) is 44.2 Å². The Labute approximate surface area is 125 Å². The van der Waals surface area contributed by atoms with Crippen molar-refractivity contribution in [1.82, 2.24) is 0 Å². The summed E-state index contributed by atoms with van der Waals surface area (Å²) in [4.78, 5) is 0. The van der Waals surface area contributed by atoms with Gasteiger partial charge < -0.3 is 19.9 Å². The lowest BCUT2D eigenvalue weighted by Gasteiger charge is -2.13. The van der Waals surface area contributed by atoms with Crippen LogP contribution in [-0.4, -0.2) is 18.8 Å². The van der Waals surface area contributed by atoms with Crippen LogP contribution in [0.4, 0.5) is 5.69 Å². The smallest absolute Gasteiger partial charge is 0.162 e. The summed E-state index contributed by atoms with van der Waals surface area (Å²) in [6.07, 6.45) is 0. The Balaban J connectivity index is 2.10. The molecule has 2 rings (SSSR count). The highest BCUT2D eigenvalue weighted by atomic mass is 16.5. The van der Waals surface area contributed by atoms with E-state index in [0.717, 1.165) is 22.6 Å². The van der Waals surface area contributed by atoms with Crippen LogP contribution >= 0.6 is 0 Å². The molecule has 0 aliphatic heterocycles. The molecule has 0 spiro atoms. The predicted octanol–water partition coefficient (Wildman–Crippen LogP) is 3.72. The van der Waals surface area contributed by atoms with Crippen molar-refractivity contribution in [1.29, 1.82) is 0 Å². The Morgan fingerprint density at radius 3 is 2.67 bits per heavy atom. The van der Waals surface area contributed by atoms with Gasteiger partial charge in [-0.25, -0.2) is 0 Å². The average molecular weight is 287 g/mol. The first-order valence-corrected chi connectivity index (χ1v) is 6.98. The van der Waals surface area contributed by atoms with Crippen LogP contribution in [0.25, 0.3) is 0 Å². The number of ether oxygens (including phenoxy) is 2. The second kappa shape index (κ2) is 6.88. The summed E-state index contributed by atoms with van der Waals surface area (Å²) in [7, 11) is 1.54. The molecule has 0 saturated carbocycles. The van der Waals surface area contributed by atoms with E-state index in [-0.39, 0.29) is 5.75 Å². The standard InChI is InChI=1S/C17H21NO3/c1-4-21-14-8-9-15(12(2)10-14)18-11-13-6-5-7-16(20-3)17(13)19/h5-10,18-19H,4,11H2,1-3H3. The molecular weight excluding hydrogens is 266 g/mol. The molecule has 0 aliphatic rings. The number of hydrogen-bond acceptors (Lipinski definition) is 4. The predicted molar refractivity (Wildman–Crippen MR) is 84.3 cm³/mol. The van der Waals surface area contributed by atoms with E-state index in [1.54, 1.807) is 13.2 Å². The van der Waals surface area contributed by atoms with Crippen molar-refractivity contribution >= 4 is 5.69 Å². The Hall–Kier alpha value is -2.36. The highest BCUT2D eigenvalue weighted by Crippen LogP contribution is 2.30. The topological polar surface area (TPSA) is 50.7 Å². The minimum atomic E-state index is 0.177. The Kier molecular flexibility index (Phi) is 4.93. The number of phenols is 1. The molecule has 21 heavy (non-hydrogen) atoms. The fourth-order valence-electron chi connectivity index (χ4n) is 2.16. The van der Waals surface area contributed by atoms with Gasteiger partial charge in [-0.05, 0) is 43.7 Å².